The first-order valence-electron chi connectivity index (χ1n) is 20.8. The van der Waals surface area contributed by atoms with Gasteiger partial charge < -0.3 is 42.3 Å². The molecule has 0 saturated heterocycles. The summed E-state index contributed by atoms with van der Waals surface area (Å²) in [6, 6.07) is 12.6. The van der Waals surface area contributed by atoms with Crippen molar-refractivity contribution in [1.82, 2.24) is 45.5 Å². The Labute approximate surface area is 430 Å². The highest BCUT2D eigenvalue weighted by Crippen LogP contribution is 2.36. The number of alkyl halides is 10. The van der Waals surface area contributed by atoms with Gasteiger partial charge in [0.05, 0.1) is 58.1 Å². The van der Waals surface area contributed by atoms with E-state index in [4.69, 9.17) is 21.5 Å². The molecule has 3 atom stereocenters. The number of aromatic nitrogens is 9. The summed E-state index contributed by atoms with van der Waals surface area (Å²) >= 11 is 2.92. The first kappa shape index (κ1) is 61.6. The largest absolute Gasteiger partial charge is 0.417 e. The Morgan fingerprint density at radius 3 is 1.29 bits per heavy atom. The summed E-state index contributed by atoms with van der Waals surface area (Å²) in [5.74, 6) is -1.62. The number of carbonyl (C=O) groups excluding carboxylic acids is 3. The van der Waals surface area contributed by atoms with E-state index in [-0.39, 0.29) is 47.7 Å². The van der Waals surface area contributed by atoms with Crippen LogP contribution in [-0.4, -0.2) is 107 Å². The first-order valence-corrected chi connectivity index (χ1v) is 22.0. The zero-order valence-electron chi connectivity index (χ0n) is 39.2. The number of carbonyl (C=O) groups is 3. The molecule has 3 aromatic carbocycles. The number of nitrogens with one attached hydrogen (secondary N) is 7. The highest BCUT2D eigenvalue weighted by atomic mass is 79.9. The number of aromatic amines is 3. The van der Waals surface area contributed by atoms with E-state index >= 15 is 0 Å². The van der Waals surface area contributed by atoms with E-state index in [0.717, 1.165) is 36.4 Å². The monoisotopic (exact) mass is 1140 g/mol. The lowest BCUT2D eigenvalue weighted by atomic mass is 9.98. The number of hydrogen-bond donors (Lipinski definition) is 11. The number of nitrogen functional groups attached to an aromatic ring is 1. The second kappa shape index (κ2) is 26.0. The van der Waals surface area contributed by atoms with Gasteiger partial charge in [0.25, 0.3) is 17.7 Å². The number of nitrogens with two attached hydrogens (primary N) is 1. The van der Waals surface area contributed by atoms with Crippen molar-refractivity contribution in [1.29, 1.82) is 15.8 Å². The maximum Gasteiger partial charge on any atom is 0.417 e. The number of halogens is 10. The van der Waals surface area contributed by atoms with Crippen molar-refractivity contribution in [3.8, 4) is 18.2 Å². The molecule has 0 aliphatic heterocycles. The number of nitrogens with zero attached hydrogens (tertiary/aromatic N) is 9. The molecule has 33 heteroatoms. The molecule has 6 aromatic rings. The molecule has 0 radical (unpaired) electrons. The minimum Gasteiger partial charge on any atom is -0.380 e. The molecule has 0 fully saturated rings. The zero-order chi connectivity index (χ0) is 57.3. The number of nitriles is 3. The number of aliphatic hydroxyl groups is 3. The fraction of sp³-hybridized carbons (Fsp3) is 0.302. The summed E-state index contributed by atoms with van der Waals surface area (Å²) in [7, 11) is 0. The van der Waals surface area contributed by atoms with Crippen molar-refractivity contribution < 1.29 is 69.2 Å². The average molecular weight is 1140 g/mol. The molecule has 3 amide bonds. The number of rotatable bonds is 13. The molecule has 76 heavy (non-hydrogen) atoms. The molecule has 404 valence electrons. The van der Waals surface area contributed by atoms with Crippen LogP contribution in [0.4, 0.5) is 68.5 Å². The van der Waals surface area contributed by atoms with Crippen molar-refractivity contribution in [3.63, 3.8) is 0 Å². The highest BCUT2D eigenvalue weighted by molar-refractivity contribution is 9.09. The maximum atomic E-state index is 12.9. The number of amides is 3. The molecule has 12 N–H and O–H groups in total. The lowest BCUT2D eigenvalue weighted by molar-refractivity contribution is -0.138. The van der Waals surface area contributed by atoms with Crippen LogP contribution in [0, 0.1) is 34.0 Å². The Balaban J connectivity index is 0.000000285. The Morgan fingerprint density at radius 2 is 0.974 bits per heavy atom. The van der Waals surface area contributed by atoms with Crippen molar-refractivity contribution in [2.45, 2.75) is 68.9 Å². The summed E-state index contributed by atoms with van der Waals surface area (Å²) in [5.41, 5.74) is -6.14. The van der Waals surface area contributed by atoms with Crippen LogP contribution in [-0.2, 0) is 39.3 Å². The number of hydrogen-bond acceptors (Lipinski definition) is 17. The van der Waals surface area contributed by atoms with Gasteiger partial charge in [0.1, 0.15) is 36.0 Å². The average Bonchev–Trinajstić information content (AvgIpc) is 4.19. The maximum absolute atomic E-state index is 12.9. The zero-order valence-corrected chi connectivity index (χ0v) is 40.8. The predicted octanol–water partition coefficient (Wildman–Crippen LogP) is 5.56. The van der Waals surface area contributed by atoms with E-state index in [9.17, 15) is 69.2 Å². The van der Waals surface area contributed by atoms with Crippen LogP contribution in [0.25, 0.3) is 0 Å². The number of H-pyrrole nitrogens is 3. The summed E-state index contributed by atoms with van der Waals surface area (Å²) in [5, 5.41) is 83.4. The third-order valence-corrected chi connectivity index (χ3v) is 10.7. The Bertz CT molecular complexity index is 2890. The lowest BCUT2D eigenvalue weighted by Gasteiger charge is -2.22. The van der Waals surface area contributed by atoms with Crippen molar-refractivity contribution in [2.75, 3.05) is 38.9 Å². The molecule has 0 spiro atoms. The third-order valence-electron chi connectivity index (χ3n) is 9.60. The predicted molar refractivity (Wildman–Crippen MR) is 250 cm³/mol. The van der Waals surface area contributed by atoms with Gasteiger partial charge >= 0.3 is 18.5 Å². The van der Waals surface area contributed by atoms with E-state index in [2.05, 4.69) is 82.7 Å². The summed E-state index contributed by atoms with van der Waals surface area (Å²) in [6.07, 6.45) is -10.1. The highest BCUT2D eigenvalue weighted by Gasteiger charge is 2.38. The van der Waals surface area contributed by atoms with Gasteiger partial charge in [0, 0.05) is 28.8 Å². The molecule has 0 saturated carbocycles. The van der Waals surface area contributed by atoms with Gasteiger partial charge in [-0.1, -0.05) is 15.9 Å². The minimum atomic E-state index is -4.75. The molecule has 0 unspecified atom stereocenters. The van der Waals surface area contributed by atoms with Crippen LogP contribution in [0.2, 0.25) is 0 Å². The van der Waals surface area contributed by atoms with Gasteiger partial charge in [-0.15, -0.1) is 0 Å². The third kappa shape index (κ3) is 18.6. The van der Waals surface area contributed by atoms with Gasteiger partial charge in [-0.3, -0.25) is 19.5 Å². The standard InChI is InChI=1S/C15H14F3N5O2.C14H13F3N6O2.C12H10BrF3N2O2.C2H4N4/c1-14(25,5-4-12-20-8-21-23-12)13(24)22-10-3-2-9(7-19)11(6-10)15(16,17)18;1-13(25,6-19-12-20-7-21-23-12)11(24)22-9-3-2-8(5-18)10(4-9)14(15,16)17;1-11(20,6-13)10(19)18-8-3-2-7(5-17)9(4-8)12(14,15)16;3-2-4-1-5-6-2/h2-3,6,8,25H,4-5H2,1H3,(H,22,24)(H,20,21,23);2-4,7,25H,6H2,1H3,(H,22,24)(H2,19,20,21,23);2-4,20H,6H2,1H3,(H,18,19);1H,(H3,3,4,5,6)/t14-;13-;11-;/m000./s1. The first-order chi connectivity index (χ1) is 35.3. The lowest BCUT2D eigenvalue weighted by Crippen LogP contribution is -2.45. The second-order valence-electron chi connectivity index (χ2n) is 15.9. The fourth-order valence-electron chi connectivity index (χ4n) is 5.39. The minimum absolute atomic E-state index is 0.0174. The fourth-order valence-corrected chi connectivity index (χ4v) is 5.64. The Kier molecular flexibility index (Phi) is 21.1. The van der Waals surface area contributed by atoms with Crippen LogP contribution in [0.1, 0.15) is 66.4 Å². The van der Waals surface area contributed by atoms with E-state index in [1.165, 1.54) is 58.0 Å². The molecular weight excluding hydrogens is 1100 g/mol. The number of benzene rings is 3. The van der Waals surface area contributed by atoms with Gasteiger partial charge in [0.15, 0.2) is 5.60 Å². The molecule has 3 heterocycles. The topological polar surface area (TPSA) is 382 Å². The molecule has 23 nitrogen and oxygen atoms in total. The van der Waals surface area contributed by atoms with Crippen LogP contribution in [0.15, 0.2) is 73.6 Å². The van der Waals surface area contributed by atoms with Gasteiger partial charge in [-0.25, -0.2) is 25.1 Å². The Hall–Kier alpha value is -8.71. The van der Waals surface area contributed by atoms with E-state index in [1.807, 2.05) is 0 Å². The van der Waals surface area contributed by atoms with Gasteiger partial charge in [0.2, 0.25) is 11.9 Å². The van der Waals surface area contributed by atoms with Crippen LogP contribution in [0.3, 0.4) is 0 Å². The summed E-state index contributed by atoms with van der Waals surface area (Å²) in [6.45, 7) is 3.37. The molecular formula is C43H41BrF9N17O6. The van der Waals surface area contributed by atoms with Crippen molar-refractivity contribution >= 4 is 62.6 Å². The molecule has 0 aliphatic rings. The van der Waals surface area contributed by atoms with Crippen LogP contribution >= 0.6 is 15.9 Å². The molecule has 3 aromatic heterocycles. The Morgan fingerprint density at radius 1 is 0.592 bits per heavy atom. The van der Waals surface area contributed by atoms with Crippen LogP contribution in [0.5, 0.6) is 0 Å². The number of anilines is 5. The normalized spacial score (nSPS) is 13.4. The van der Waals surface area contributed by atoms with Crippen LogP contribution < -0.4 is 27.0 Å². The van der Waals surface area contributed by atoms with Crippen molar-refractivity contribution in [3.05, 3.63) is 113 Å². The van der Waals surface area contributed by atoms with E-state index < -0.39 is 86.4 Å². The van der Waals surface area contributed by atoms with Crippen molar-refractivity contribution in [2.24, 2.45) is 0 Å². The van der Waals surface area contributed by atoms with E-state index in [0.29, 0.717) is 30.0 Å². The quantitative estimate of drug-likeness (QED) is 0.0498. The second-order valence-corrected chi connectivity index (χ2v) is 16.5. The van der Waals surface area contributed by atoms with Gasteiger partial charge in [-0.2, -0.15) is 70.6 Å². The van der Waals surface area contributed by atoms with E-state index in [1.54, 1.807) is 0 Å². The number of aryl methyl sites for hydroxylation is 1. The smallest absolute Gasteiger partial charge is 0.380 e. The summed E-state index contributed by atoms with van der Waals surface area (Å²) in [4.78, 5) is 47.0. The van der Waals surface area contributed by atoms with Gasteiger partial charge in [-0.05, 0) is 81.8 Å². The summed E-state index contributed by atoms with van der Waals surface area (Å²) < 4.78 is 116. The SMILES string of the molecule is C[C@](O)(CBr)C(=O)Nc1ccc(C#N)c(C(F)(F)F)c1.C[C@](O)(CCc1ncn[nH]1)C(=O)Nc1ccc(C#N)c(C(F)(F)F)c1.C[C@](O)(CNc1ncn[nH]1)C(=O)Nc1ccc(C#N)c(C(F)(F)F)c1.Nc1ncn[nH]1. The molecule has 6 rings (SSSR count). The molecule has 0 aliphatic carbocycles. The molecule has 0 bridgehead atoms.